The summed E-state index contributed by atoms with van der Waals surface area (Å²) in [6.07, 6.45) is 0. The maximum Gasteiger partial charge on any atom is 0.163 e. The minimum absolute atomic E-state index is 0.702. The number of nitrogens with zero attached hydrogens (tertiary/aromatic N) is 1. The van der Waals surface area contributed by atoms with Crippen LogP contribution in [0.2, 0.25) is 0 Å². The zero-order valence-corrected chi connectivity index (χ0v) is 6.54. The van der Waals surface area contributed by atoms with Crippen molar-refractivity contribution in [3.8, 4) is 0 Å². The molecule has 0 radical (unpaired) electrons. The first kappa shape index (κ1) is 7.72. The number of nitrogens with one attached hydrogen (secondary N) is 1. The molecular weight excluding hydrogens is 138 g/mol. The number of rotatable bonds is 2. The second-order valence-electron chi connectivity index (χ2n) is 2.18. The highest BCUT2D eigenvalue weighted by molar-refractivity contribution is 5.60. The van der Waals surface area contributed by atoms with Gasteiger partial charge in [0.15, 0.2) is 12.2 Å². The summed E-state index contributed by atoms with van der Waals surface area (Å²) in [6, 6.07) is 7.50. The molecule has 0 aromatic heterocycles. The summed E-state index contributed by atoms with van der Waals surface area (Å²) in [5.41, 5.74) is 7.13. The van der Waals surface area contributed by atoms with E-state index in [0.717, 1.165) is 12.2 Å². The van der Waals surface area contributed by atoms with E-state index in [4.69, 9.17) is 5.73 Å². The SMILES string of the molecule is CC[NH+]=Nc1ccccc1N. The van der Waals surface area contributed by atoms with Crippen molar-refractivity contribution in [1.82, 2.24) is 0 Å². The lowest BCUT2D eigenvalue weighted by Crippen LogP contribution is -2.64. The molecule has 1 aromatic rings. The quantitative estimate of drug-likeness (QED) is 0.467. The molecule has 0 unspecified atom stereocenters. The van der Waals surface area contributed by atoms with Crippen molar-refractivity contribution in [3.05, 3.63) is 24.3 Å². The molecule has 58 valence electrons. The maximum absolute atomic E-state index is 5.63. The molecule has 3 nitrogen and oxygen atoms in total. The van der Waals surface area contributed by atoms with Gasteiger partial charge in [0, 0.05) is 0 Å². The Bertz CT molecular complexity index is 255. The van der Waals surface area contributed by atoms with Gasteiger partial charge in [-0.25, -0.2) is 0 Å². The zero-order chi connectivity index (χ0) is 8.10. The molecule has 0 aliphatic rings. The van der Waals surface area contributed by atoms with Crippen molar-refractivity contribution in [2.45, 2.75) is 6.92 Å². The first-order chi connectivity index (χ1) is 5.34. The fraction of sp³-hybridized carbons (Fsp3) is 0.250. The fourth-order valence-electron chi connectivity index (χ4n) is 0.754. The van der Waals surface area contributed by atoms with Crippen molar-refractivity contribution >= 4 is 11.4 Å². The summed E-state index contributed by atoms with van der Waals surface area (Å²) in [5, 5.41) is 6.90. The molecule has 0 saturated carbocycles. The lowest BCUT2D eigenvalue weighted by Gasteiger charge is -1.91. The number of anilines is 1. The Kier molecular flexibility index (Phi) is 2.60. The normalized spacial score (nSPS) is 10.6. The minimum Gasteiger partial charge on any atom is -0.397 e. The van der Waals surface area contributed by atoms with Crippen LogP contribution in [-0.4, -0.2) is 6.54 Å². The summed E-state index contributed by atoms with van der Waals surface area (Å²) in [4.78, 5) is 0. The molecule has 0 saturated heterocycles. The van der Waals surface area contributed by atoms with Crippen LogP contribution in [0.4, 0.5) is 11.4 Å². The number of hydrogen-bond acceptors (Lipinski definition) is 2. The smallest absolute Gasteiger partial charge is 0.163 e. The van der Waals surface area contributed by atoms with Gasteiger partial charge in [-0.2, -0.15) is 0 Å². The number of para-hydroxylation sites is 2. The van der Waals surface area contributed by atoms with Gasteiger partial charge >= 0.3 is 0 Å². The lowest BCUT2D eigenvalue weighted by molar-refractivity contribution is -0.523. The molecule has 0 aliphatic heterocycles. The van der Waals surface area contributed by atoms with Crippen LogP contribution in [0.1, 0.15) is 6.92 Å². The van der Waals surface area contributed by atoms with Gasteiger partial charge < -0.3 is 5.73 Å². The van der Waals surface area contributed by atoms with Gasteiger partial charge in [-0.3, -0.25) is 0 Å². The van der Waals surface area contributed by atoms with Crippen LogP contribution in [0.5, 0.6) is 0 Å². The standard InChI is InChI=1S/C8H11N3/c1-2-10-11-8-6-4-3-5-7(8)9/h3-6H,2,9H2,1H3/p+1. The van der Waals surface area contributed by atoms with Crippen LogP contribution < -0.4 is 10.8 Å². The van der Waals surface area contributed by atoms with E-state index >= 15 is 0 Å². The molecule has 1 rings (SSSR count). The van der Waals surface area contributed by atoms with Gasteiger partial charge in [0.2, 0.25) is 0 Å². The van der Waals surface area contributed by atoms with Crippen LogP contribution in [-0.2, 0) is 0 Å². The topological polar surface area (TPSA) is 52.3 Å². The third-order valence-electron chi connectivity index (χ3n) is 1.29. The van der Waals surface area contributed by atoms with Crippen molar-refractivity contribution < 1.29 is 5.11 Å². The Labute approximate surface area is 65.9 Å². The van der Waals surface area contributed by atoms with E-state index in [1.165, 1.54) is 0 Å². The Morgan fingerprint density at radius 2 is 2.18 bits per heavy atom. The largest absolute Gasteiger partial charge is 0.397 e. The third-order valence-corrected chi connectivity index (χ3v) is 1.29. The summed E-state index contributed by atoms with van der Waals surface area (Å²) in [6.45, 7) is 2.80. The van der Waals surface area contributed by atoms with Crippen molar-refractivity contribution in [2.24, 2.45) is 5.11 Å². The molecule has 0 fully saturated rings. The van der Waals surface area contributed by atoms with E-state index in [1.54, 1.807) is 0 Å². The fourth-order valence-corrected chi connectivity index (χ4v) is 0.754. The van der Waals surface area contributed by atoms with E-state index in [9.17, 15) is 0 Å². The van der Waals surface area contributed by atoms with E-state index in [2.05, 4.69) is 10.2 Å². The molecule has 0 aliphatic carbocycles. The molecule has 3 heteroatoms. The van der Waals surface area contributed by atoms with Crippen molar-refractivity contribution in [2.75, 3.05) is 12.3 Å². The first-order valence-electron chi connectivity index (χ1n) is 3.62. The Morgan fingerprint density at radius 1 is 1.45 bits per heavy atom. The summed E-state index contributed by atoms with van der Waals surface area (Å²) < 4.78 is 0. The monoisotopic (exact) mass is 150 g/mol. The van der Waals surface area contributed by atoms with E-state index in [-0.39, 0.29) is 0 Å². The summed E-state index contributed by atoms with van der Waals surface area (Å²) in [7, 11) is 0. The van der Waals surface area contributed by atoms with Gasteiger partial charge in [0.05, 0.1) is 5.69 Å². The molecule has 3 N–H and O–H groups in total. The second kappa shape index (κ2) is 3.71. The Hall–Kier alpha value is -1.38. The highest BCUT2D eigenvalue weighted by Crippen LogP contribution is 2.18. The zero-order valence-electron chi connectivity index (χ0n) is 6.54. The Morgan fingerprint density at radius 3 is 2.82 bits per heavy atom. The molecule has 1 aromatic carbocycles. The van der Waals surface area contributed by atoms with E-state index in [1.807, 2.05) is 31.2 Å². The van der Waals surface area contributed by atoms with Gasteiger partial charge in [0.1, 0.15) is 0 Å². The molecule has 0 amide bonds. The van der Waals surface area contributed by atoms with Gasteiger partial charge in [-0.1, -0.05) is 12.1 Å². The lowest BCUT2D eigenvalue weighted by atomic mass is 10.3. The number of benzene rings is 1. The molecule has 0 heterocycles. The molecule has 0 spiro atoms. The van der Waals surface area contributed by atoms with E-state index < -0.39 is 0 Å². The highest BCUT2D eigenvalue weighted by atomic mass is 15.1. The third kappa shape index (κ3) is 2.04. The van der Waals surface area contributed by atoms with Crippen LogP contribution >= 0.6 is 0 Å². The molecular formula is C8H12N3+. The van der Waals surface area contributed by atoms with Crippen LogP contribution in [0, 0.1) is 0 Å². The van der Waals surface area contributed by atoms with Gasteiger partial charge in [-0.15, -0.1) is 5.11 Å². The van der Waals surface area contributed by atoms with Crippen molar-refractivity contribution in [3.63, 3.8) is 0 Å². The summed E-state index contributed by atoms with van der Waals surface area (Å²) >= 11 is 0. The van der Waals surface area contributed by atoms with E-state index in [0.29, 0.717) is 5.69 Å². The second-order valence-corrected chi connectivity index (χ2v) is 2.18. The minimum atomic E-state index is 0.702. The number of nitrogen functional groups attached to an aromatic ring is 1. The van der Waals surface area contributed by atoms with Crippen LogP contribution in [0.25, 0.3) is 0 Å². The molecule has 11 heavy (non-hydrogen) atoms. The first-order valence-corrected chi connectivity index (χ1v) is 3.62. The number of nitrogens with two attached hydrogens (primary N) is 1. The van der Waals surface area contributed by atoms with Crippen LogP contribution in [0.3, 0.4) is 0 Å². The summed E-state index contributed by atoms with van der Waals surface area (Å²) in [5.74, 6) is 0. The maximum atomic E-state index is 5.63. The van der Waals surface area contributed by atoms with Crippen molar-refractivity contribution in [1.29, 1.82) is 0 Å². The van der Waals surface area contributed by atoms with Gasteiger partial charge in [0.25, 0.3) is 0 Å². The predicted octanol–water partition coefficient (Wildman–Crippen LogP) is 0.453. The molecule has 0 bridgehead atoms. The highest BCUT2D eigenvalue weighted by Gasteiger charge is 1.95. The average Bonchev–Trinajstić information content (AvgIpc) is 2.03. The Balaban J connectivity index is 2.86. The number of azo groups is 1. The predicted molar refractivity (Wildman–Crippen MR) is 44.4 cm³/mol. The average molecular weight is 150 g/mol. The van der Waals surface area contributed by atoms with Gasteiger partial charge in [-0.05, 0) is 24.2 Å². The number of hydrogen-bond donors (Lipinski definition) is 2. The molecule has 0 atom stereocenters. The van der Waals surface area contributed by atoms with Crippen LogP contribution in [0.15, 0.2) is 29.4 Å².